The number of hydrogen-bond acceptors (Lipinski definition) is 4. The van der Waals surface area contributed by atoms with Crippen LogP contribution in [-0.4, -0.2) is 53.6 Å². The highest BCUT2D eigenvalue weighted by Crippen LogP contribution is 2.34. The zero-order valence-electron chi connectivity index (χ0n) is 15.0. The van der Waals surface area contributed by atoms with E-state index in [1.165, 1.54) is 19.3 Å². The third kappa shape index (κ3) is 3.34. The number of rotatable bonds is 5. The van der Waals surface area contributed by atoms with Crippen molar-refractivity contribution in [2.24, 2.45) is 11.8 Å². The number of fused-ring (bicyclic) bond motifs is 4. The first-order valence-electron chi connectivity index (χ1n) is 9.52. The third-order valence-electron chi connectivity index (χ3n) is 6.20. The number of methoxy groups -OCH3 is 1. The van der Waals surface area contributed by atoms with Crippen LogP contribution < -0.4 is 4.74 Å². The molecule has 3 aliphatic heterocycles. The summed E-state index contributed by atoms with van der Waals surface area (Å²) in [5.41, 5.74) is 1.07. The van der Waals surface area contributed by atoms with Crippen molar-refractivity contribution in [3.8, 4) is 11.5 Å². The number of hydrogen-bond donors (Lipinski definition) is 1. The fourth-order valence-electron chi connectivity index (χ4n) is 4.54. The molecular formula is C20H28N2O3. The van der Waals surface area contributed by atoms with Crippen LogP contribution in [0.1, 0.15) is 37.7 Å². The van der Waals surface area contributed by atoms with E-state index < -0.39 is 0 Å². The first-order valence-corrected chi connectivity index (χ1v) is 9.52. The first-order chi connectivity index (χ1) is 12.1. The van der Waals surface area contributed by atoms with Gasteiger partial charge in [-0.2, -0.15) is 0 Å². The van der Waals surface area contributed by atoms with Crippen LogP contribution in [0.3, 0.4) is 0 Å². The largest absolute Gasteiger partial charge is 0.504 e. The van der Waals surface area contributed by atoms with Crippen molar-refractivity contribution >= 4 is 5.91 Å². The van der Waals surface area contributed by atoms with Crippen molar-refractivity contribution in [3.63, 3.8) is 0 Å². The Morgan fingerprint density at radius 2 is 2.04 bits per heavy atom. The molecule has 2 atom stereocenters. The molecule has 0 radical (unpaired) electrons. The van der Waals surface area contributed by atoms with Gasteiger partial charge in [0, 0.05) is 32.2 Å². The van der Waals surface area contributed by atoms with Gasteiger partial charge in [0.25, 0.3) is 0 Å². The molecule has 0 aromatic heterocycles. The van der Waals surface area contributed by atoms with Crippen LogP contribution in [0.25, 0.3) is 0 Å². The number of phenols is 1. The molecule has 0 unspecified atom stereocenters. The molecule has 1 aromatic carbocycles. The fourth-order valence-corrected chi connectivity index (χ4v) is 4.54. The minimum Gasteiger partial charge on any atom is -0.504 e. The Morgan fingerprint density at radius 1 is 1.20 bits per heavy atom. The van der Waals surface area contributed by atoms with Crippen molar-refractivity contribution in [1.82, 2.24) is 9.80 Å². The van der Waals surface area contributed by atoms with E-state index in [0.29, 0.717) is 17.7 Å². The Balaban J connectivity index is 1.45. The number of amides is 1. The molecule has 2 bridgehead atoms. The van der Waals surface area contributed by atoms with E-state index in [4.69, 9.17) is 4.74 Å². The van der Waals surface area contributed by atoms with Crippen LogP contribution in [0.15, 0.2) is 18.2 Å². The van der Waals surface area contributed by atoms with Gasteiger partial charge in [-0.3, -0.25) is 9.69 Å². The van der Waals surface area contributed by atoms with Crippen LogP contribution in [0.5, 0.6) is 11.5 Å². The van der Waals surface area contributed by atoms with Gasteiger partial charge >= 0.3 is 0 Å². The Labute approximate surface area is 149 Å². The van der Waals surface area contributed by atoms with E-state index in [0.717, 1.165) is 50.5 Å². The zero-order chi connectivity index (χ0) is 17.4. The zero-order valence-corrected chi connectivity index (χ0v) is 15.0. The molecule has 1 aromatic rings. The predicted molar refractivity (Wildman–Crippen MR) is 95.5 cm³/mol. The Morgan fingerprint density at radius 3 is 2.72 bits per heavy atom. The molecule has 1 N–H and O–H groups in total. The predicted octanol–water partition coefficient (Wildman–Crippen LogP) is 2.62. The van der Waals surface area contributed by atoms with Gasteiger partial charge in [-0.05, 0) is 49.3 Å². The van der Waals surface area contributed by atoms with Gasteiger partial charge in [-0.25, -0.2) is 0 Å². The van der Waals surface area contributed by atoms with Crippen molar-refractivity contribution in [1.29, 1.82) is 0 Å². The second-order valence-electron chi connectivity index (χ2n) is 7.92. The van der Waals surface area contributed by atoms with Gasteiger partial charge < -0.3 is 14.7 Å². The molecule has 4 aliphatic rings. The summed E-state index contributed by atoms with van der Waals surface area (Å²) in [6.07, 6.45) is 6.06. The van der Waals surface area contributed by atoms with Gasteiger partial charge in [-0.15, -0.1) is 0 Å². The molecule has 3 saturated heterocycles. The van der Waals surface area contributed by atoms with Crippen molar-refractivity contribution < 1.29 is 14.6 Å². The van der Waals surface area contributed by atoms with E-state index in [2.05, 4.69) is 9.80 Å². The molecule has 5 nitrogen and oxygen atoms in total. The smallest absolute Gasteiger partial charge is 0.227 e. The normalized spacial score (nSPS) is 27.2. The quantitative estimate of drug-likeness (QED) is 0.892. The Bertz CT molecular complexity index is 644. The summed E-state index contributed by atoms with van der Waals surface area (Å²) in [6.45, 7) is 3.53. The molecule has 5 heteroatoms. The third-order valence-corrected chi connectivity index (χ3v) is 6.20. The second-order valence-corrected chi connectivity index (χ2v) is 7.92. The highest BCUT2D eigenvalue weighted by molar-refractivity contribution is 5.80. The number of carbonyl (C=O) groups is 1. The van der Waals surface area contributed by atoms with Gasteiger partial charge in [-0.1, -0.05) is 12.5 Å². The van der Waals surface area contributed by atoms with E-state index in [9.17, 15) is 9.90 Å². The molecule has 5 rings (SSSR count). The van der Waals surface area contributed by atoms with Crippen LogP contribution in [0.2, 0.25) is 0 Å². The summed E-state index contributed by atoms with van der Waals surface area (Å²) >= 11 is 0. The van der Waals surface area contributed by atoms with Crippen LogP contribution in [-0.2, 0) is 11.3 Å². The summed E-state index contributed by atoms with van der Waals surface area (Å²) in [5, 5.41) is 10.0. The van der Waals surface area contributed by atoms with Crippen LogP contribution in [0, 0.1) is 11.8 Å². The highest BCUT2D eigenvalue weighted by atomic mass is 16.5. The lowest BCUT2D eigenvalue weighted by atomic mass is 9.83. The summed E-state index contributed by atoms with van der Waals surface area (Å²) in [4.78, 5) is 17.4. The maximum absolute atomic E-state index is 12.9. The number of piperidine rings is 1. The van der Waals surface area contributed by atoms with Crippen LogP contribution in [0.4, 0.5) is 0 Å². The molecule has 0 spiro atoms. The Hall–Kier alpha value is -1.75. The van der Waals surface area contributed by atoms with E-state index in [1.807, 2.05) is 12.1 Å². The number of carbonyl (C=O) groups excluding carboxylic acids is 1. The van der Waals surface area contributed by atoms with Crippen molar-refractivity contribution in [2.45, 2.75) is 44.7 Å². The Kier molecular flexibility index (Phi) is 4.59. The average molecular weight is 344 g/mol. The number of nitrogens with zero attached hydrogens (tertiary/aromatic N) is 2. The number of ether oxygens (including phenoxy) is 1. The first kappa shape index (κ1) is 16.7. The van der Waals surface area contributed by atoms with E-state index >= 15 is 0 Å². The summed E-state index contributed by atoms with van der Waals surface area (Å²) in [6, 6.07) is 5.95. The van der Waals surface area contributed by atoms with E-state index in [-0.39, 0.29) is 11.7 Å². The molecule has 136 valence electrons. The number of phenolic OH excluding ortho intramolecular Hbond substituents is 1. The van der Waals surface area contributed by atoms with Crippen LogP contribution >= 0.6 is 0 Å². The average Bonchev–Trinajstić information content (AvgIpc) is 2.82. The highest BCUT2D eigenvalue weighted by Gasteiger charge is 2.41. The van der Waals surface area contributed by atoms with Gasteiger partial charge in [0.05, 0.1) is 13.0 Å². The topological polar surface area (TPSA) is 53.0 Å². The molecular weight excluding hydrogens is 316 g/mol. The van der Waals surface area contributed by atoms with Gasteiger partial charge in [0.15, 0.2) is 11.5 Å². The molecule has 3 heterocycles. The maximum Gasteiger partial charge on any atom is 0.227 e. The fraction of sp³-hybridized carbons (Fsp3) is 0.650. The monoisotopic (exact) mass is 344 g/mol. The maximum atomic E-state index is 12.9. The van der Waals surface area contributed by atoms with E-state index in [1.54, 1.807) is 13.2 Å². The van der Waals surface area contributed by atoms with Crippen molar-refractivity contribution in [3.05, 3.63) is 23.8 Å². The SMILES string of the molecule is COc1ccc(CN2C[C@@H]3CC[C@H](C2)N(CC2CCC2)C3=O)cc1O. The minimum atomic E-state index is 0.144. The lowest BCUT2D eigenvalue weighted by Gasteiger charge is -2.40. The second kappa shape index (κ2) is 6.87. The number of aromatic hydroxyl groups is 1. The standard InChI is InChI=1S/C20H28N2O3/c1-25-19-8-5-15(9-18(19)23)10-21-12-16-6-7-17(13-21)22(20(16)24)11-14-3-2-4-14/h5,8-9,14,16-17,23H,2-4,6-7,10-13H2,1H3/t16-,17+/m0/s1. The number of benzene rings is 1. The summed E-state index contributed by atoms with van der Waals surface area (Å²) in [7, 11) is 1.56. The molecule has 1 aliphatic carbocycles. The molecule has 1 saturated carbocycles. The molecule has 1 amide bonds. The lowest BCUT2D eigenvalue weighted by molar-refractivity contribution is -0.141. The lowest BCUT2D eigenvalue weighted by Crippen LogP contribution is -2.50. The van der Waals surface area contributed by atoms with Crippen molar-refractivity contribution in [2.75, 3.05) is 26.7 Å². The molecule has 25 heavy (non-hydrogen) atoms. The summed E-state index contributed by atoms with van der Waals surface area (Å²) < 4.78 is 5.12. The van der Waals surface area contributed by atoms with Gasteiger partial charge in [0.2, 0.25) is 5.91 Å². The summed E-state index contributed by atoms with van der Waals surface area (Å²) in [5.74, 6) is 1.94. The minimum absolute atomic E-state index is 0.144. The van der Waals surface area contributed by atoms with Gasteiger partial charge in [0.1, 0.15) is 0 Å². The molecule has 4 fully saturated rings.